The van der Waals surface area contributed by atoms with E-state index >= 15 is 0 Å². The number of para-hydroxylation sites is 1. The summed E-state index contributed by atoms with van der Waals surface area (Å²) in [5.41, 5.74) is 2.28. The molecule has 0 radical (unpaired) electrons. The summed E-state index contributed by atoms with van der Waals surface area (Å²) in [5.74, 6) is -0.227. The van der Waals surface area contributed by atoms with E-state index in [1.165, 1.54) is 17.9 Å². The van der Waals surface area contributed by atoms with E-state index in [1.807, 2.05) is 24.4 Å². The predicted molar refractivity (Wildman–Crippen MR) is 96.2 cm³/mol. The molecule has 2 N–H and O–H groups in total. The summed E-state index contributed by atoms with van der Waals surface area (Å²) in [6.07, 6.45) is 4.76. The van der Waals surface area contributed by atoms with Crippen molar-refractivity contribution < 1.29 is 14.3 Å². The van der Waals surface area contributed by atoms with Gasteiger partial charge >= 0.3 is 0 Å². The second-order valence-electron chi connectivity index (χ2n) is 6.49. The van der Waals surface area contributed by atoms with Crippen molar-refractivity contribution in [2.75, 3.05) is 26.2 Å². The van der Waals surface area contributed by atoms with Crippen LogP contribution in [-0.2, 0) is 20.7 Å². The van der Waals surface area contributed by atoms with Crippen molar-refractivity contribution in [3.8, 4) is 0 Å². The Morgan fingerprint density at radius 1 is 1.36 bits per heavy atom. The summed E-state index contributed by atoms with van der Waals surface area (Å²) < 4.78 is 5.56. The van der Waals surface area contributed by atoms with Gasteiger partial charge in [-0.25, -0.2) is 0 Å². The fraction of sp³-hybridized carbons (Fsp3) is 0.474. The number of carbonyl (C=O) groups excluding carboxylic acids is 2. The van der Waals surface area contributed by atoms with Crippen LogP contribution in [0.15, 0.2) is 30.5 Å². The number of H-pyrrole nitrogens is 1. The Morgan fingerprint density at radius 2 is 2.20 bits per heavy atom. The van der Waals surface area contributed by atoms with Gasteiger partial charge in [-0.15, -0.1) is 0 Å². The fourth-order valence-corrected chi connectivity index (χ4v) is 3.24. The van der Waals surface area contributed by atoms with E-state index in [9.17, 15) is 9.59 Å². The maximum absolute atomic E-state index is 12.2. The zero-order valence-corrected chi connectivity index (χ0v) is 14.6. The lowest BCUT2D eigenvalue weighted by Crippen LogP contribution is -2.43. The number of hydrogen-bond donors (Lipinski definition) is 2. The maximum atomic E-state index is 12.2. The number of nitrogens with one attached hydrogen (secondary N) is 2. The molecule has 6 heteroatoms. The van der Waals surface area contributed by atoms with Crippen LogP contribution in [0.4, 0.5) is 0 Å². The molecule has 1 aliphatic heterocycles. The number of benzene rings is 1. The SMILES string of the molecule is CC(=O)N(CC(=O)NCCc1c[nH]c2ccccc12)CC1CCCO1. The third-order valence-corrected chi connectivity index (χ3v) is 4.62. The van der Waals surface area contributed by atoms with E-state index in [-0.39, 0.29) is 24.5 Å². The highest BCUT2D eigenvalue weighted by molar-refractivity contribution is 5.84. The smallest absolute Gasteiger partial charge is 0.239 e. The molecule has 0 bridgehead atoms. The third kappa shape index (κ3) is 4.60. The Balaban J connectivity index is 1.47. The highest BCUT2D eigenvalue weighted by Crippen LogP contribution is 2.17. The van der Waals surface area contributed by atoms with E-state index < -0.39 is 0 Å². The van der Waals surface area contributed by atoms with Gasteiger partial charge in [0.15, 0.2) is 0 Å². The molecule has 2 amide bonds. The molecule has 2 aromatic rings. The highest BCUT2D eigenvalue weighted by atomic mass is 16.5. The van der Waals surface area contributed by atoms with E-state index in [4.69, 9.17) is 4.74 Å². The number of aromatic amines is 1. The number of fused-ring (bicyclic) bond motifs is 1. The first-order valence-electron chi connectivity index (χ1n) is 8.82. The minimum atomic E-state index is -0.131. The van der Waals surface area contributed by atoms with E-state index in [0.29, 0.717) is 13.1 Å². The topological polar surface area (TPSA) is 74.4 Å². The number of aromatic nitrogens is 1. The normalized spacial score (nSPS) is 16.9. The first kappa shape index (κ1) is 17.5. The molecule has 134 valence electrons. The Bertz CT molecular complexity index is 734. The molecule has 1 aliphatic rings. The highest BCUT2D eigenvalue weighted by Gasteiger charge is 2.22. The molecule has 25 heavy (non-hydrogen) atoms. The van der Waals surface area contributed by atoms with Crippen LogP contribution in [0.3, 0.4) is 0 Å². The van der Waals surface area contributed by atoms with Gasteiger partial charge < -0.3 is 19.9 Å². The molecule has 1 atom stereocenters. The Kier molecular flexibility index (Phi) is 5.71. The molecule has 1 aromatic carbocycles. The van der Waals surface area contributed by atoms with Gasteiger partial charge in [-0.1, -0.05) is 18.2 Å². The Morgan fingerprint density at radius 3 is 2.96 bits per heavy atom. The van der Waals surface area contributed by atoms with Crippen molar-refractivity contribution in [2.45, 2.75) is 32.3 Å². The first-order chi connectivity index (χ1) is 12.1. The lowest BCUT2D eigenvalue weighted by atomic mass is 10.1. The van der Waals surface area contributed by atoms with Gasteiger partial charge in [-0.2, -0.15) is 0 Å². The number of ether oxygens (including phenoxy) is 1. The number of carbonyl (C=O) groups is 2. The summed E-state index contributed by atoms with van der Waals surface area (Å²) in [5, 5.41) is 4.09. The molecule has 0 aliphatic carbocycles. The predicted octanol–water partition coefficient (Wildman–Crippen LogP) is 1.85. The molecular weight excluding hydrogens is 318 g/mol. The summed E-state index contributed by atoms with van der Waals surface area (Å²) in [4.78, 5) is 28.7. The van der Waals surface area contributed by atoms with E-state index in [0.717, 1.165) is 31.4 Å². The van der Waals surface area contributed by atoms with Gasteiger partial charge in [0, 0.05) is 43.7 Å². The van der Waals surface area contributed by atoms with E-state index in [1.54, 1.807) is 4.90 Å². The summed E-state index contributed by atoms with van der Waals surface area (Å²) in [6, 6.07) is 8.11. The van der Waals surface area contributed by atoms with Crippen LogP contribution in [0.25, 0.3) is 10.9 Å². The van der Waals surface area contributed by atoms with Crippen LogP contribution in [0, 0.1) is 0 Å². The number of rotatable bonds is 7. The van der Waals surface area contributed by atoms with Crippen LogP contribution < -0.4 is 5.32 Å². The lowest BCUT2D eigenvalue weighted by molar-refractivity contribution is -0.135. The van der Waals surface area contributed by atoms with Crippen LogP contribution in [0.5, 0.6) is 0 Å². The minimum Gasteiger partial charge on any atom is -0.376 e. The zero-order chi connectivity index (χ0) is 17.6. The van der Waals surface area contributed by atoms with Gasteiger partial charge in [-0.3, -0.25) is 9.59 Å². The minimum absolute atomic E-state index is 0.0583. The van der Waals surface area contributed by atoms with Crippen LogP contribution in [0.2, 0.25) is 0 Å². The molecule has 3 rings (SSSR count). The maximum Gasteiger partial charge on any atom is 0.239 e. The zero-order valence-electron chi connectivity index (χ0n) is 14.6. The summed E-state index contributed by atoms with van der Waals surface area (Å²) in [7, 11) is 0. The summed E-state index contributed by atoms with van der Waals surface area (Å²) in [6.45, 7) is 3.36. The van der Waals surface area contributed by atoms with Crippen molar-refractivity contribution >= 4 is 22.7 Å². The van der Waals surface area contributed by atoms with Crippen molar-refractivity contribution in [3.05, 3.63) is 36.0 Å². The van der Waals surface area contributed by atoms with Gasteiger partial charge in [0.25, 0.3) is 0 Å². The first-order valence-corrected chi connectivity index (χ1v) is 8.82. The van der Waals surface area contributed by atoms with Crippen molar-refractivity contribution in [1.29, 1.82) is 0 Å². The van der Waals surface area contributed by atoms with Crippen molar-refractivity contribution in [1.82, 2.24) is 15.2 Å². The van der Waals surface area contributed by atoms with Crippen LogP contribution in [0.1, 0.15) is 25.3 Å². The molecule has 1 saturated heterocycles. The molecule has 1 aromatic heterocycles. The molecule has 2 heterocycles. The molecule has 0 spiro atoms. The molecule has 1 fully saturated rings. The average molecular weight is 343 g/mol. The largest absolute Gasteiger partial charge is 0.376 e. The van der Waals surface area contributed by atoms with Gasteiger partial charge in [-0.05, 0) is 30.9 Å². The second kappa shape index (κ2) is 8.16. The van der Waals surface area contributed by atoms with Crippen LogP contribution >= 0.6 is 0 Å². The van der Waals surface area contributed by atoms with Crippen molar-refractivity contribution in [2.24, 2.45) is 0 Å². The molecule has 0 saturated carbocycles. The van der Waals surface area contributed by atoms with Crippen molar-refractivity contribution in [3.63, 3.8) is 0 Å². The summed E-state index contributed by atoms with van der Waals surface area (Å²) >= 11 is 0. The van der Waals surface area contributed by atoms with Gasteiger partial charge in [0.05, 0.1) is 12.6 Å². The standard InChI is InChI=1S/C19H25N3O3/c1-14(23)22(12-16-5-4-10-25-16)13-19(24)20-9-8-15-11-21-18-7-3-2-6-17(15)18/h2-3,6-7,11,16,21H,4-5,8-10,12-13H2,1H3,(H,20,24). The van der Waals surface area contributed by atoms with Gasteiger partial charge in [0.2, 0.25) is 11.8 Å². The quantitative estimate of drug-likeness (QED) is 0.806. The Hall–Kier alpha value is -2.34. The fourth-order valence-electron chi connectivity index (χ4n) is 3.24. The molecule has 6 nitrogen and oxygen atoms in total. The third-order valence-electron chi connectivity index (χ3n) is 4.62. The number of amides is 2. The van der Waals surface area contributed by atoms with Crippen LogP contribution in [-0.4, -0.2) is 54.0 Å². The second-order valence-corrected chi connectivity index (χ2v) is 6.49. The number of nitrogens with zero attached hydrogens (tertiary/aromatic N) is 1. The average Bonchev–Trinajstić information content (AvgIpc) is 3.24. The van der Waals surface area contributed by atoms with Gasteiger partial charge in [0.1, 0.15) is 0 Å². The lowest BCUT2D eigenvalue weighted by Gasteiger charge is -2.23. The number of hydrogen-bond acceptors (Lipinski definition) is 3. The monoisotopic (exact) mass is 343 g/mol. The molecule has 1 unspecified atom stereocenters. The Labute approximate surface area is 147 Å². The van der Waals surface area contributed by atoms with E-state index in [2.05, 4.69) is 16.4 Å². The molecular formula is C19H25N3O3.